The number of hydrogen-bond donors (Lipinski definition) is 2. The first-order valence-corrected chi connectivity index (χ1v) is 15.1. The molecule has 0 unspecified atom stereocenters. The normalized spacial score (nSPS) is 18.6. The molecule has 212 valence electrons. The van der Waals surface area contributed by atoms with Gasteiger partial charge in [-0.25, -0.2) is 13.4 Å². The van der Waals surface area contributed by atoms with Crippen LogP contribution in [0.4, 0.5) is 0 Å². The summed E-state index contributed by atoms with van der Waals surface area (Å²) in [6, 6.07) is 23.4. The molecule has 0 spiro atoms. The number of hydrogen-bond acceptors (Lipinski definition) is 7. The Balaban J connectivity index is 1.55. The SMILES string of the molecule is Cc1ccc(CCNC(=O)[C@]2(CCS(=O)(=O)c3ccccc3)N=C(c3ccc(OCCCO)cc3)O[C@@H]2C)cc1. The van der Waals surface area contributed by atoms with Crippen LogP contribution in [0.3, 0.4) is 0 Å². The molecule has 1 aliphatic rings. The van der Waals surface area contributed by atoms with Crippen molar-refractivity contribution in [3.63, 3.8) is 0 Å². The second-order valence-corrected chi connectivity index (χ2v) is 12.0. The zero-order chi connectivity index (χ0) is 28.6. The number of nitrogens with one attached hydrogen (secondary N) is 1. The topological polar surface area (TPSA) is 114 Å². The second-order valence-electron chi connectivity index (χ2n) is 9.92. The fourth-order valence-electron chi connectivity index (χ4n) is 4.52. The number of benzene rings is 3. The molecule has 0 aromatic heterocycles. The number of sulfone groups is 1. The summed E-state index contributed by atoms with van der Waals surface area (Å²) >= 11 is 0. The number of carbonyl (C=O) groups is 1. The molecule has 0 radical (unpaired) electrons. The van der Waals surface area contributed by atoms with E-state index in [1.807, 2.05) is 31.2 Å². The summed E-state index contributed by atoms with van der Waals surface area (Å²) in [6.45, 7) is 4.60. The predicted octanol–water partition coefficient (Wildman–Crippen LogP) is 3.88. The standard InChI is InChI=1S/C31H36N2O6S/c1-23-9-11-25(12-10-23)17-19-32-30(35)31(18-22-40(36,37)28-7-4-3-5-8-28)24(2)39-29(33-31)26-13-15-27(16-14-26)38-21-6-20-34/h3-5,7-16,24,34H,6,17-22H2,1-2H3,(H,32,35)/t24-,31-/m1/s1. The monoisotopic (exact) mass is 564 g/mol. The number of aryl methyl sites for hydroxylation is 1. The highest BCUT2D eigenvalue weighted by atomic mass is 32.2. The van der Waals surface area contributed by atoms with Gasteiger partial charge in [0, 0.05) is 25.1 Å². The van der Waals surface area contributed by atoms with Crippen LogP contribution in [0.5, 0.6) is 5.75 Å². The van der Waals surface area contributed by atoms with Crippen molar-refractivity contribution in [3.8, 4) is 5.75 Å². The quantitative estimate of drug-likeness (QED) is 0.305. The van der Waals surface area contributed by atoms with Crippen molar-refractivity contribution >= 4 is 21.6 Å². The molecule has 40 heavy (non-hydrogen) atoms. The Morgan fingerprint density at radius 2 is 1.75 bits per heavy atom. The number of aliphatic hydroxyl groups is 1. The predicted molar refractivity (Wildman–Crippen MR) is 154 cm³/mol. The van der Waals surface area contributed by atoms with Crippen LogP contribution in [0.2, 0.25) is 0 Å². The smallest absolute Gasteiger partial charge is 0.251 e. The Morgan fingerprint density at radius 1 is 1.05 bits per heavy atom. The van der Waals surface area contributed by atoms with Crippen LogP contribution < -0.4 is 10.1 Å². The third kappa shape index (κ3) is 7.08. The summed E-state index contributed by atoms with van der Waals surface area (Å²) in [5.74, 6) is 0.289. The lowest BCUT2D eigenvalue weighted by Crippen LogP contribution is -2.52. The largest absolute Gasteiger partial charge is 0.494 e. The van der Waals surface area contributed by atoms with E-state index in [0.717, 1.165) is 11.1 Å². The third-order valence-electron chi connectivity index (χ3n) is 7.00. The average Bonchev–Trinajstić information content (AvgIpc) is 3.31. The number of amides is 1. The lowest BCUT2D eigenvalue weighted by atomic mass is 9.90. The van der Waals surface area contributed by atoms with Crippen molar-refractivity contribution in [1.82, 2.24) is 5.32 Å². The molecule has 3 aromatic rings. The first-order chi connectivity index (χ1) is 19.2. The molecule has 1 amide bonds. The minimum Gasteiger partial charge on any atom is -0.494 e. The molecule has 4 rings (SSSR count). The highest BCUT2D eigenvalue weighted by Gasteiger charge is 2.50. The van der Waals surface area contributed by atoms with Crippen LogP contribution >= 0.6 is 0 Å². The van der Waals surface area contributed by atoms with Gasteiger partial charge >= 0.3 is 0 Å². The Labute approximate surface area is 236 Å². The van der Waals surface area contributed by atoms with Crippen LogP contribution in [0.25, 0.3) is 0 Å². The zero-order valence-electron chi connectivity index (χ0n) is 22.9. The number of aliphatic hydroxyl groups excluding tert-OH is 1. The average molecular weight is 565 g/mol. The molecule has 1 heterocycles. The van der Waals surface area contributed by atoms with Crippen LogP contribution in [0.15, 0.2) is 88.8 Å². The van der Waals surface area contributed by atoms with Gasteiger partial charge in [0.1, 0.15) is 11.9 Å². The van der Waals surface area contributed by atoms with Gasteiger partial charge in [0.05, 0.1) is 17.3 Å². The van der Waals surface area contributed by atoms with Gasteiger partial charge in [-0.3, -0.25) is 4.79 Å². The number of nitrogens with zero attached hydrogens (tertiary/aromatic N) is 1. The first kappa shape index (κ1) is 29.3. The van der Waals surface area contributed by atoms with E-state index in [2.05, 4.69) is 5.32 Å². The minimum absolute atomic E-state index is 0.0341. The van der Waals surface area contributed by atoms with E-state index in [4.69, 9.17) is 19.6 Å². The fraction of sp³-hybridized carbons (Fsp3) is 0.355. The van der Waals surface area contributed by atoms with Crippen LogP contribution in [0.1, 0.15) is 36.5 Å². The second kappa shape index (κ2) is 13.1. The van der Waals surface area contributed by atoms with Crippen LogP contribution in [0, 0.1) is 6.92 Å². The van der Waals surface area contributed by atoms with Gasteiger partial charge in [-0.1, -0.05) is 48.0 Å². The van der Waals surface area contributed by atoms with Gasteiger partial charge < -0.3 is 19.9 Å². The van der Waals surface area contributed by atoms with E-state index < -0.39 is 21.5 Å². The maximum atomic E-state index is 13.7. The molecule has 1 aliphatic heterocycles. The molecular weight excluding hydrogens is 528 g/mol. The van der Waals surface area contributed by atoms with Crippen molar-refractivity contribution in [3.05, 3.63) is 95.6 Å². The van der Waals surface area contributed by atoms with Gasteiger partial charge in [-0.05, 0) is 68.7 Å². The maximum absolute atomic E-state index is 13.7. The third-order valence-corrected chi connectivity index (χ3v) is 8.73. The minimum atomic E-state index is -3.65. The Kier molecular flexibility index (Phi) is 9.60. The summed E-state index contributed by atoms with van der Waals surface area (Å²) in [7, 11) is -3.65. The van der Waals surface area contributed by atoms with Gasteiger partial charge in [0.15, 0.2) is 15.4 Å². The molecular formula is C31H36N2O6S. The van der Waals surface area contributed by atoms with E-state index in [1.54, 1.807) is 61.5 Å². The number of ether oxygens (including phenoxy) is 2. The van der Waals surface area contributed by atoms with Crippen molar-refractivity contribution in [2.75, 3.05) is 25.5 Å². The van der Waals surface area contributed by atoms with Crippen LogP contribution in [-0.2, 0) is 25.8 Å². The van der Waals surface area contributed by atoms with E-state index >= 15 is 0 Å². The summed E-state index contributed by atoms with van der Waals surface area (Å²) in [5.41, 5.74) is 1.49. The number of aliphatic imine (C=N–C) groups is 1. The van der Waals surface area contributed by atoms with E-state index in [0.29, 0.717) is 37.3 Å². The molecule has 9 heteroatoms. The zero-order valence-corrected chi connectivity index (χ0v) is 23.7. The summed E-state index contributed by atoms with van der Waals surface area (Å²) in [6.07, 6.45) is 0.442. The first-order valence-electron chi connectivity index (χ1n) is 13.5. The van der Waals surface area contributed by atoms with Crippen molar-refractivity contribution in [2.45, 2.75) is 49.6 Å². The number of carbonyl (C=O) groups excluding carboxylic acids is 1. The van der Waals surface area contributed by atoms with E-state index in [-0.39, 0.29) is 35.5 Å². The molecule has 3 aromatic carbocycles. The summed E-state index contributed by atoms with van der Waals surface area (Å²) in [5, 5.41) is 11.9. The molecule has 0 fully saturated rings. The summed E-state index contributed by atoms with van der Waals surface area (Å²) in [4.78, 5) is 18.7. The van der Waals surface area contributed by atoms with Gasteiger partial charge in [0.25, 0.3) is 5.91 Å². The molecule has 0 saturated heterocycles. The van der Waals surface area contributed by atoms with Crippen molar-refractivity contribution < 1.29 is 27.8 Å². The van der Waals surface area contributed by atoms with Crippen LogP contribution in [-0.4, -0.2) is 62.5 Å². The summed E-state index contributed by atoms with van der Waals surface area (Å²) < 4.78 is 38.0. The van der Waals surface area contributed by atoms with E-state index in [1.165, 1.54) is 0 Å². The van der Waals surface area contributed by atoms with Crippen molar-refractivity contribution in [1.29, 1.82) is 0 Å². The fourth-order valence-corrected chi connectivity index (χ4v) is 5.90. The molecule has 0 bridgehead atoms. The molecule has 2 atom stereocenters. The number of rotatable bonds is 13. The van der Waals surface area contributed by atoms with Gasteiger partial charge in [-0.15, -0.1) is 0 Å². The lowest BCUT2D eigenvalue weighted by molar-refractivity contribution is -0.128. The Morgan fingerprint density at radius 3 is 2.42 bits per heavy atom. The Hall–Kier alpha value is -3.69. The molecule has 2 N–H and O–H groups in total. The highest BCUT2D eigenvalue weighted by Crippen LogP contribution is 2.33. The van der Waals surface area contributed by atoms with E-state index in [9.17, 15) is 13.2 Å². The molecule has 8 nitrogen and oxygen atoms in total. The maximum Gasteiger partial charge on any atom is 0.251 e. The highest BCUT2D eigenvalue weighted by molar-refractivity contribution is 7.91. The lowest BCUT2D eigenvalue weighted by Gasteiger charge is -2.28. The Bertz CT molecular complexity index is 1410. The molecule has 0 aliphatic carbocycles. The van der Waals surface area contributed by atoms with Gasteiger partial charge in [-0.2, -0.15) is 0 Å². The van der Waals surface area contributed by atoms with Gasteiger partial charge in [0.2, 0.25) is 5.90 Å². The molecule has 0 saturated carbocycles. The van der Waals surface area contributed by atoms with Crippen molar-refractivity contribution in [2.24, 2.45) is 4.99 Å².